The van der Waals surface area contributed by atoms with Gasteiger partial charge in [-0.3, -0.25) is 0 Å². The highest BCUT2D eigenvalue weighted by molar-refractivity contribution is 7.71. The molecule has 1 atom stereocenters. The molecule has 3 rings (SSSR count). The lowest BCUT2D eigenvalue weighted by Crippen LogP contribution is -3.07. The van der Waals surface area contributed by atoms with Crippen molar-refractivity contribution in [3.63, 3.8) is 0 Å². The van der Waals surface area contributed by atoms with E-state index in [-0.39, 0.29) is 22.1 Å². The number of aromatic nitrogens is 2. The van der Waals surface area contributed by atoms with Crippen LogP contribution in [0.1, 0.15) is 5.56 Å². The molecular formula is C17H16F2N3OS+. The van der Waals surface area contributed by atoms with E-state index in [2.05, 4.69) is 5.10 Å². The van der Waals surface area contributed by atoms with E-state index in [0.717, 1.165) is 10.5 Å². The minimum atomic E-state index is -0.409. The Morgan fingerprint density at radius 1 is 1.12 bits per heavy atom. The van der Waals surface area contributed by atoms with E-state index in [1.807, 2.05) is 7.05 Å². The third-order valence-electron chi connectivity index (χ3n) is 3.55. The Morgan fingerprint density at radius 2 is 1.83 bits per heavy atom. The number of halogens is 2. The molecule has 1 N–H and O–H groups in total. The molecule has 124 valence electrons. The molecule has 0 saturated heterocycles. The highest BCUT2D eigenvalue weighted by Crippen LogP contribution is 2.20. The van der Waals surface area contributed by atoms with Crippen molar-refractivity contribution in [2.45, 2.75) is 13.2 Å². The Kier molecular flexibility index (Phi) is 4.82. The summed E-state index contributed by atoms with van der Waals surface area (Å²) >= 11 is 5.16. The molecule has 0 amide bonds. The van der Waals surface area contributed by atoms with Crippen LogP contribution in [-0.2, 0) is 13.2 Å². The fourth-order valence-corrected chi connectivity index (χ4v) is 2.60. The maximum atomic E-state index is 13.8. The molecule has 0 radical (unpaired) electrons. The zero-order valence-electron chi connectivity index (χ0n) is 13.0. The van der Waals surface area contributed by atoms with Crippen molar-refractivity contribution in [2.24, 2.45) is 0 Å². The number of rotatable bonds is 5. The van der Waals surface area contributed by atoms with Crippen LogP contribution in [0.25, 0.3) is 11.5 Å². The zero-order valence-corrected chi connectivity index (χ0v) is 13.8. The maximum Gasteiger partial charge on any atom is 0.292 e. The first-order chi connectivity index (χ1) is 11.5. The average Bonchev–Trinajstić information content (AvgIpc) is 2.90. The summed E-state index contributed by atoms with van der Waals surface area (Å²) in [5, 5.41) is 4.26. The molecule has 1 unspecified atom stereocenters. The number of nitrogens with one attached hydrogen (secondary N) is 1. The molecule has 0 aliphatic heterocycles. The summed E-state index contributed by atoms with van der Waals surface area (Å²) in [7, 11) is 1.96. The third-order valence-corrected chi connectivity index (χ3v) is 3.84. The number of hydrogen-bond acceptors (Lipinski definition) is 3. The molecule has 24 heavy (non-hydrogen) atoms. The van der Waals surface area contributed by atoms with Crippen LogP contribution in [0, 0.1) is 16.5 Å². The first-order valence-electron chi connectivity index (χ1n) is 7.41. The van der Waals surface area contributed by atoms with Crippen molar-refractivity contribution in [3.8, 4) is 11.5 Å². The van der Waals surface area contributed by atoms with E-state index in [1.54, 1.807) is 30.3 Å². The predicted octanol–water partition coefficient (Wildman–Crippen LogP) is 2.82. The van der Waals surface area contributed by atoms with Crippen LogP contribution >= 0.6 is 12.2 Å². The minimum Gasteiger partial charge on any atom is -0.409 e. The second-order valence-corrected chi connectivity index (χ2v) is 5.92. The van der Waals surface area contributed by atoms with Gasteiger partial charge in [0.15, 0.2) is 6.67 Å². The molecule has 0 saturated carbocycles. The lowest BCUT2D eigenvalue weighted by molar-refractivity contribution is -0.917. The first-order valence-corrected chi connectivity index (χ1v) is 7.82. The summed E-state index contributed by atoms with van der Waals surface area (Å²) in [6, 6.07) is 12.6. The summed E-state index contributed by atoms with van der Waals surface area (Å²) in [5.41, 5.74) is 1.27. The van der Waals surface area contributed by atoms with Gasteiger partial charge in [0.25, 0.3) is 4.84 Å². The van der Waals surface area contributed by atoms with E-state index in [9.17, 15) is 8.78 Å². The van der Waals surface area contributed by atoms with Gasteiger partial charge in [0.2, 0.25) is 5.89 Å². The molecule has 1 heterocycles. The van der Waals surface area contributed by atoms with Crippen molar-refractivity contribution in [1.82, 2.24) is 9.78 Å². The SMILES string of the molecule is C[NH+](Cc1ccc(F)cc1)Cn1nc(-c2ccccc2F)oc1=S. The number of nitrogens with zero attached hydrogens (tertiary/aromatic N) is 2. The average molecular weight is 348 g/mol. The quantitative estimate of drug-likeness (QED) is 0.720. The Bertz CT molecular complexity index is 889. The van der Waals surface area contributed by atoms with Gasteiger partial charge in [-0.25, -0.2) is 8.78 Å². The van der Waals surface area contributed by atoms with Crippen LogP contribution in [-0.4, -0.2) is 16.8 Å². The van der Waals surface area contributed by atoms with Gasteiger partial charge in [-0.05, 0) is 36.5 Å². The molecule has 7 heteroatoms. The third kappa shape index (κ3) is 3.74. The van der Waals surface area contributed by atoms with E-state index in [4.69, 9.17) is 16.6 Å². The smallest absolute Gasteiger partial charge is 0.292 e. The number of quaternary nitrogens is 1. The van der Waals surface area contributed by atoms with Crippen molar-refractivity contribution < 1.29 is 18.1 Å². The van der Waals surface area contributed by atoms with Gasteiger partial charge in [-0.15, -0.1) is 5.10 Å². The first kappa shape index (κ1) is 16.5. The van der Waals surface area contributed by atoms with E-state index in [0.29, 0.717) is 13.2 Å². The topological polar surface area (TPSA) is 35.4 Å². The van der Waals surface area contributed by atoms with Gasteiger partial charge in [0.05, 0.1) is 12.6 Å². The highest BCUT2D eigenvalue weighted by Gasteiger charge is 2.14. The second-order valence-electron chi connectivity index (χ2n) is 5.57. The van der Waals surface area contributed by atoms with Crippen molar-refractivity contribution in [1.29, 1.82) is 0 Å². The van der Waals surface area contributed by atoms with E-state index in [1.165, 1.54) is 22.9 Å². The minimum absolute atomic E-state index is 0.160. The zero-order chi connectivity index (χ0) is 17.1. The van der Waals surface area contributed by atoms with Crippen LogP contribution in [0.15, 0.2) is 52.9 Å². The molecule has 3 aromatic rings. The van der Waals surface area contributed by atoms with Gasteiger partial charge < -0.3 is 9.32 Å². The van der Waals surface area contributed by atoms with Crippen molar-refractivity contribution >= 4 is 12.2 Å². The van der Waals surface area contributed by atoms with Gasteiger partial charge in [0.1, 0.15) is 18.2 Å². The Hall–Kier alpha value is -2.38. The molecule has 1 aromatic heterocycles. The molecule has 2 aromatic carbocycles. The summed E-state index contributed by atoms with van der Waals surface area (Å²) in [6.07, 6.45) is 0. The summed E-state index contributed by atoms with van der Waals surface area (Å²) in [5.74, 6) is -0.509. The summed E-state index contributed by atoms with van der Waals surface area (Å²) in [4.78, 5) is 1.26. The van der Waals surface area contributed by atoms with E-state index >= 15 is 0 Å². The normalized spacial score (nSPS) is 12.3. The number of benzene rings is 2. The largest absolute Gasteiger partial charge is 0.409 e. The molecular weight excluding hydrogens is 332 g/mol. The molecule has 0 fully saturated rings. The van der Waals surface area contributed by atoms with Gasteiger partial charge in [-0.1, -0.05) is 24.3 Å². The lowest BCUT2D eigenvalue weighted by atomic mass is 10.2. The van der Waals surface area contributed by atoms with Crippen molar-refractivity contribution in [3.05, 3.63) is 70.6 Å². The van der Waals surface area contributed by atoms with E-state index < -0.39 is 5.82 Å². The standard InChI is InChI=1S/C17H15F2N3OS/c1-21(10-12-6-8-13(18)9-7-12)11-22-17(24)23-16(20-22)14-4-2-3-5-15(14)19/h2-9H,10-11H2,1H3/p+1. The van der Waals surface area contributed by atoms with Crippen LogP contribution < -0.4 is 4.90 Å². The van der Waals surface area contributed by atoms with Crippen LogP contribution in [0.4, 0.5) is 8.78 Å². The van der Waals surface area contributed by atoms with Crippen LogP contribution in [0.2, 0.25) is 0 Å². The Balaban J connectivity index is 1.75. The second kappa shape index (κ2) is 7.02. The summed E-state index contributed by atoms with van der Waals surface area (Å²) < 4.78 is 33.7. The van der Waals surface area contributed by atoms with Crippen LogP contribution in [0.3, 0.4) is 0 Å². The number of hydrogen-bond donors (Lipinski definition) is 1. The Labute approximate surface area is 143 Å². The molecule has 0 aliphatic rings. The van der Waals surface area contributed by atoms with Gasteiger partial charge >= 0.3 is 0 Å². The van der Waals surface area contributed by atoms with Crippen LogP contribution in [0.5, 0.6) is 0 Å². The Morgan fingerprint density at radius 3 is 2.54 bits per heavy atom. The van der Waals surface area contributed by atoms with Crippen molar-refractivity contribution in [2.75, 3.05) is 7.05 Å². The molecule has 0 bridgehead atoms. The molecule has 0 spiro atoms. The summed E-state index contributed by atoms with van der Waals surface area (Å²) in [6.45, 7) is 1.12. The predicted molar refractivity (Wildman–Crippen MR) is 87.7 cm³/mol. The molecule has 4 nitrogen and oxygen atoms in total. The molecule has 0 aliphatic carbocycles. The fraction of sp³-hybridized carbons (Fsp3) is 0.176. The van der Waals surface area contributed by atoms with Gasteiger partial charge in [-0.2, -0.15) is 4.68 Å². The maximum absolute atomic E-state index is 13.8. The monoisotopic (exact) mass is 348 g/mol. The fourth-order valence-electron chi connectivity index (χ4n) is 2.41. The van der Waals surface area contributed by atoms with Gasteiger partial charge in [0, 0.05) is 5.56 Å². The highest BCUT2D eigenvalue weighted by atomic mass is 32.1. The lowest BCUT2D eigenvalue weighted by Gasteiger charge is -2.13.